The molecule has 0 aromatic carbocycles. The summed E-state index contributed by atoms with van der Waals surface area (Å²) >= 11 is 3.37. The Hall–Kier alpha value is -0.610. The molecule has 1 N–H and O–H groups in total. The van der Waals surface area contributed by atoms with E-state index in [1.54, 1.807) is 19.5 Å². The summed E-state index contributed by atoms with van der Waals surface area (Å²) in [6.07, 6.45) is 3.73. The minimum Gasteiger partial charge on any atom is -0.380 e. The average Bonchev–Trinajstić information content (AvgIpc) is 2.16. The van der Waals surface area contributed by atoms with Crippen LogP contribution >= 0.6 is 15.9 Å². The van der Waals surface area contributed by atoms with E-state index in [-0.39, 0.29) is 12.1 Å². The van der Waals surface area contributed by atoms with E-state index in [2.05, 4.69) is 33.2 Å². The van der Waals surface area contributed by atoms with Crippen molar-refractivity contribution in [2.24, 2.45) is 0 Å². The predicted molar refractivity (Wildman–Crippen MR) is 61.5 cm³/mol. The predicted octanol–water partition coefficient (Wildman–Crippen LogP) is 2.68. The number of ether oxygens (including phenoxy) is 1. The number of nitrogens with zero attached hydrogens (tertiary/aromatic N) is 1. The minimum atomic E-state index is 0.175. The van der Waals surface area contributed by atoms with E-state index in [0.29, 0.717) is 0 Å². The molecular weight excluding hydrogens is 244 g/mol. The summed E-state index contributed by atoms with van der Waals surface area (Å²) in [5.41, 5.74) is 0.996. The van der Waals surface area contributed by atoms with Gasteiger partial charge in [-0.1, -0.05) is 0 Å². The lowest BCUT2D eigenvalue weighted by molar-refractivity contribution is 0.106. The molecule has 4 heteroatoms. The molecule has 0 aliphatic carbocycles. The summed E-state index contributed by atoms with van der Waals surface area (Å²) in [5, 5.41) is 3.32. The fourth-order valence-electron chi connectivity index (χ4n) is 1.08. The van der Waals surface area contributed by atoms with Crippen LogP contribution in [0.3, 0.4) is 0 Å². The molecule has 1 rings (SSSR count). The minimum absolute atomic E-state index is 0.175. The Morgan fingerprint density at radius 2 is 2.14 bits per heavy atom. The number of pyridine rings is 1. The molecule has 1 heterocycles. The first kappa shape index (κ1) is 11.5. The zero-order valence-corrected chi connectivity index (χ0v) is 10.2. The highest BCUT2D eigenvalue weighted by Crippen LogP contribution is 2.15. The summed E-state index contributed by atoms with van der Waals surface area (Å²) in [5.74, 6) is 0. The largest absolute Gasteiger partial charge is 0.380 e. The molecule has 1 aromatic rings. The monoisotopic (exact) mass is 258 g/mol. The second-order valence-electron chi connectivity index (χ2n) is 3.27. The summed E-state index contributed by atoms with van der Waals surface area (Å²) in [6, 6.07) is 2.25. The Kier molecular flexibility index (Phi) is 4.35. The average molecular weight is 259 g/mol. The number of methoxy groups -OCH3 is 1. The van der Waals surface area contributed by atoms with E-state index in [9.17, 15) is 0 Å². The molecule has 0 radical (unpaired) electrons. The van der Waals surface area contributed by atoms with Crippen LogP contribution in [0.15, 0.2) is 22.9 Å². The number of aromatic nitrogens is 1. The Morgan fingerprint density at radius 3 is 2.71 bits per heavy atom. The maximum Gasteiger partial charge on any atom is 0.0741 e. The van der Waals surface area contributed by atoms with Crippen molar-refractivity contribution in [3.8, 4) is 0 Å². The summed E-state index contributed by atoms with van der Waals surface area (Å²) < 4.78 is 6.19. The lowest BCUT2D eigenvalue weighted by Gasteiger charge is -2.20. The Balaban J connectivity index is 2.60. The fourth-order valence-corrected chi connectivity index (χ4v) is 1.44. The third-order valence-electron chi connectivity index (χ3n) is 2.18. The van der Waals surface area contributed by atoms with Gasteiger partial charge in [0.1, 0.15) is 0 Å². The van der Waals surface area contributed by atoms with Gasteiger partial charge in [0, 0.05) is 23.8 Å². The van der Waals surface area contributed by atoms with Crippen LogP contribution in [0.1, 0.15) is 13.8 Å². The molecule has 3 nitrogen and oxygen atoms in total. The van der Waals surface area contributed by atoms with Crippen molar-refractivity contribution in [2.45, 2.75) is 26.0 Å². The number of halogens is 1. The van der Waals surface area contributed by atoms with Gasteiger partial charge in [-0.25, -0.2) is 0 Å². The molecule has 1 aromatic heterocycles. The molecule has 0 saturated carbocycles. The first-order valence-electron chi connectivity index (χ1n) is 4.53. The number of nitrogens with one attached hydrogen (secondary N) is 1. The van der Waals surface area contributed by atoms with Crippen LogP contribution in [-0.2, 0) is 4.74 Å². The SMILES string of the molecule is COC(C)[C@@H](C)Nc1cncc(Br)c1. The van der Waals surface area contributed by atoms with Crippen molar-refractivity contribution in [2.75, 3.05) is 12.4 Å². The van der Waals surface area contributed by atoms with Crippen molar-refractivity contribution < 1.29 is 4.74 Å². The summed E-state index contributed by atoms with van der Waals surface area (Å²) in [4.78, 5) is 4.07. The van der Waals surface area contributed by atoms with Crippen LogP contribution in [0.25, 0.3) is 0 Å². The van der Waals surface area contributed by atoms with Crippen LogP contribution in [-0.4, -0.2) is 24.2 Å². The normalized spacial score (nSPS) is 14.9. The molecule has 0 aliphatic rings. The highest BCUT2D eigenvalue weighted by molar-refractivity contribution is 9.10. The molecule has 0 aliphatic heterocycles. The van der Waals surface area contributed by atoms with Gasteiger partial charge >= 0.3 is 0 Å². The standard InChI is InChI=1S/C10H15BrN2O/c1-7(8(2)14-3)13-10-4-9(11)5-12-6-10/h4-8,13H,1-3H3/t7-,8?/m1/s1. The maximum atomic E-state index is 5.22. The number of anilines is 1. The van der Waals surface area contributed by atoms with Gasteiger partial charge in [-0.2, -0.15) is 0 Å². The molecule has 0 amide bonds. The molecule has 0 spiro atoms. The zero-order valence-electron chi connectivity index (χ0n) is 8.62. The molecule has 0 bridgehead atoms. The molecule has 0 saturated heterocycles. The topological polar surface area (TPSA) is 34.1 Å². The number of hydrogen-bond acceptors (Lipinski definition) is 3. The Labute approximate surface area is 93.0 Å². The first-order chi connectivity index (χ1) is 6.63. The maximum absolute atomic E-state index is 5.22. The van der Waals surface area contributed by atoms with E-state index in [4.69, 9.17) is 4.74 Å². The second-order valence-corrected chi connectivity index (χ2v) is 4.18. The third kappa shape index (κ3) is 3.27. The van der Waals surface area contributed by atoms with Crippen LogP contribution in [0.2, 0.25) is 0 Å². The second kappa shape index (κ2) is 5.32. The first-order valence-corrected chi connectivity index (χ1v) is 5.32. The summed E-state index contributed by atoms with van der Waals surface area (Å²) in [6.45, 7) is 4.11. The van der Waals surface area contributed by atoms with E-state index in [1.165, 1.54) is 0 Å². The van der Waals surface area contributed by atoms with Gasteiger partial charge < -0.3 is 10.1 Å². The summed E-state index contributed by atoms with van der Waals surface area (Å²) in [7, 11) is 1.71. The number of hydrogen-bond donors (Lipinski definition) is 1. The van der Waals surface area contributed by atoms with Gasteiger partial charge in [0.2, 0.25) is 0 Å². The van der Waals surface area contributed by atoms with Crippen LogP contribution in [0.5, 0.6) is 0 Å². The van der Waals surface area contributed by atoms with E-state index >= 15 is 0 Å². The van der Waals surface area contributed by atoms with Gasteiger partial charge in [0.15, 0.2) is 0 Å². The van der Waals surface area contributed by atoms with Gasteiger partial charge in [0.05, 0.1) is 18.0 Å². The van der Waals surface area contributed by atoms with E-state index < -0.39 is 0 Å². The molecule has 78 valence electrons. The van der Waals surface area contributed by atoms with Crippen LogP contribution in [0.4, 0.5) is 5.69 Å². The molecular formula is C10H15BrN2O. The van der Waals surface area contributed by atoms with Gasteiger partial charge in [0.25, 0.3) is 0 Å². The van der Waals surface area contributed by atoms with Crippen molar-refractivity contribution in [1.29, 1.82) is 0 Å². The fraction of sp³-hybridized carbons (Fsp3) is 0.500. The third-order valence-corrected chi connectivity index (χ3v) is 2.61. The van der Waals surface area contributed by atoms with Crippen molar-refractivity contribution in [3.05, 3.63) is 22.9 Å². The highest BCUT2D eigenvalue weighted by Gasteiger charge is 2.10. The lowest BCUT2D eigenvalue weighted by Crippen LogP contribution is -2.29. The number of rotatable bonds is 4. The smallest absolute Gasteiger partial charge is 0.0741 e. The van der Waals surface area contributed by atoms with Crippen LogP contribution < -0.4 is 5.32 Å². The molecule has 14 heavy (non-hydrogen) atoms. The van der Waals surface area contributed by atoms with Gasteiger partial charge in [-0.15, -0.1) is 0 Å². The van der Waals surface area contributed by atoms with Crippen molar-refractivity contribution in [3.63, 3.8) is 0 Å². The highest BCUT2D eigenvalue weighted by atomic mass is 79.9. The Morgan fingerprint density at radius 1 is 1.43 bits per heavy atom. The lowest BCUT2D eigenvalue weighted by atomic mass is 10.2. The van der Waals surface area contributed by atoms with Crippen LogP contribution in [0, 0.1) is 0 Å². The molecule has 2 atom stereocenters. The van der Waals surface area contributed by atoms with Crippen molar-refractivity contribution >= 4 is 21.6 Å². The van der Waals surface area contributed by atoms with E-state index in [0.717, 1.165) is 10.2 Å². The Bertz CT molecular complexity index is 293. The van der Waals surface area contributed by atoms with Crippen molar-refractivity contribution in [1.82, 2.24) is 4.98 Å². The molecule has 0 fully saturated rings. The van der Waals surface area contributed by atoms with E-state index in [1.807, 2.05) is 13.0 Å². The zero-order chi connectivity index (χ0) is 10.6. The van der Waals surface area contributed by atoms with Gasteiger partial charge in [-0.05, 0) is 35.8 Å². The quantitative estimate of drug-likeness (QED) is 0.902. The molecule has 1 unspecified atom stereocenters. The van der Waals surface area contributed by atoms with Gasteiger partial charge in [-0.3, -0.25) is 4.98 Å².